The molecule has 0 saturated carbocycles. The predicted molar refractivity (Wildman–Crippen MR) is 187 cm³/mol. The van der Waals surface area contributed by atoms with Crippen molar-refractivity contribution in [3.63, 3.8) is 0 Å². The van der Waals surface area contributed by atoms with E-state index in [9.17, 15) is 14.8 Å². The van der Waals surface area contributed by atoms with Crippen molar-refractivity contribution in [2.75, 3.05) is 69.5 Å². The lowest BCUT2D eigenvalue weighted by molar-refractivity contribution is -0.847. The molecule has 3 aromatic rings. The minimum absolute atomic E-state index is 0.0199. The van der Waals surface area contributed by atoms with E-state index in [2.05, 4.69) is 34.7 Å². The number of rotatable bonds is 21. The molecule has 0 radical (unpaired) electrons. The molecular formula is C34H52N10O5. The molecule has 1 aliphatic heterocycles. The highest BCUT2D eigenvalue weighted by Gasteiger charge is 2.33. The molecule has 4 rings (SSSR count). The number of carbonyl (C=O) groups is 2. The number of hydroxylamine groups is 2. The highest BCUT2D eigenvalue weighted by molar-refractivity contribution is 6.10. The van der Waals surface area contributed by atoms with E-state index >= 15 is 0 Å². The first-order chi connectivity index (χ1) is 23.6. The molecular weight excluding hydrogens is 628 g/mol. The SMILES string of the molecule is CCn1cnnc1-c1cccc(N2Cc3c(cc(N(C)C(C)C)nc3CNCC[NH+]([O-])CCOCCOCCC(=O)NCC(C)C)C2=O)n1. The van der Waals surface area contributed by atoms with Crippen LogP contribution in [-0.2, 0) is 33.9 Å². The first kappa shape index (κ1) is 37.8. The minimum Gasteiger partial charge on any atom is -0.634 e. The Labute approximate surface area is 289 Å². The summed E-state index contributed by atoms with van der Waals surface area (Å²) in [6, 6.07) is 7.60. The Hall–Kier alpha value is -4.02. The van der Waals surface area contributed by atoms with Gasteiger partial charge in [-0.2, -0.15) is 0 Å². The summed E-state index contributed by atoms with van der Waals surface area (Å²) in [6.07, 6.45) is 1.98. The van der Waals surface area contributed by atoms with Crippen molar-refractivity contribution in [2.45, 2.75) is 66.7 Å². The van der Waals surface area contributed by atoms with Crippen LogP contribution in [0.1, 0.15) is 62.7 Å². The summed E-state index contributed by atoms with van der Waals surface area (Å²) in [7, 11) is 1.96. The lowest BCUT2D eigenvalue weighted by Crippen LogP contribution is -3.08. The van der Waals surface area contributed by atoms with E-state index in [1.54, 1.807) is 11.2 Å². The zero-order valence-electron chi connectivity index (χ0n) is 29.7. The minimum atomic E-state index is -0.133. The van der Waals surface area contributed by atoms with Gasteiger partial charge in [0.05, 0.1) is 50.8 Å². The fraction of sp³-hybridized carbons (Fsp3) is 0.588. The van der Waals surface area contributed by atoms with E-state index < -0.39 is 0 Å². The summed E-state index contributed by atoms with van der Waals surface area (Å²) in [4.78, 5) is 39.0. The van der Waals surface area contributed by atoms with Gasteiger partial charge in [0.25, 0.3) is 5.91 Å². The standard InChI is InChI=1S/C34H52N10O5/c1-7-42-23-37-40-33(42)28-9-8-10-30(38-28)44-22-27-26(34(44)46)19-31(41(6)25(4)5)39-29(27)21-35-12-13-43(47)14-16-49-18-17-48-15-11-32(45)36-20-24(2)3/h8-10,19,23-25,35,43H,7,11-18,20-22H2,1-6H3,(H,36,45). The van der Waals surface area contributed by atoms with Crippen LogP contribution in [0.5, 0.6) is 0 Å². The number of quaternary nitrogens is 1. The van der Waals surface area contributed by atoms with Crippen LogP contribution in [0.15, 0.2) is 30.6 Å². The zero-order valence-corrected chi connectivity index (χ0v) is 29.7. The highest BCUT2D eigenvalue weighted by Crippen LogP contribution is 2.32. The largest absolute Gasteiger partial charge is 0.634 e. The van der Waals surface area contributed by atoms with Crippen LogP contribution in [0.4, 0.5) is 11.6 Å². The fourth-order valence-corrected chi connectivity index (χ4v) is 5.15. The van der Waals surface area contributed by atoms with Crippen molar-refractivity contribution in [3.05, 3.63) is 52.6 Å². The van der Waals surface area contributed by atoms with Gasteiger partial charge in [-0.05, 0) is 44.9 Å². The number of aryl methyl sites for hydroxylation is 1. The van der Waals surface area contributed by atoms with Crippen LogP contribution >= 0.6 is 0 Å². The second-order valence-corrected chi connectivity index (χ2v) is 12.8. The summed E-state index contributed by atoms with van der Waals surface area (Å²) in [5, 5.41) is 27.0. The molecule has 49 heavy (non-hydrogen) atoms. The Bertz CT molecular complexity index is 1510. The van der Waals surface area contributed by atoms with Gasteiger partial charge < -0.3 is 39.8 Å². The molecule has 15 nitrogen and oxygen atoms in total. The van der Waals surface area contributed by atoms with Gasteiger partial charge >= 0.3 is 0 Å². The topological polar surface area (TPSA) is 167 Å². The number of nitrogens with zero attached hydrogens (tertiary/aromatic N) is 7. The summed E-state index contributed by atoms with van der Waals surface area (Å²) >= 11 is 0. The Morgan fingerprint density at radius 3 is 2.61 bits per heavy atom. The van der Waals surface area contributed by atoms with Crippen LogP contribution in [0.2, 0.25) is 0 Å². The molecule has 2 amide bonds. The van der Waals surface area contributed by atoms with Gasteiger partial charge in [0.2, 0.25) is 5.91 Å². The van der Waals surface area contributed by atoms with E-state index in [-0.39, 0.29) is 22.9 Å². The fourth-order valence-electron chi connectivity index (χ4n) is 5.15. The third kappa shape index (κ3) is 10.7. The highest BCUT2D eigenvalue weighted by atomic mass is 16.5. The average Bonchev–Trinajstić information content (AvgIpc) is 3.71. The van der Waals surface area contributed by atoms with Crippen LogP contribution in [0, 0.1) is 11.1 Å². The number of fused-ring (bicyclic) bond motifs is 1. The number of nitrogens with one attached hydrogen (secondary N) is 3. The van der Waals surface area contributed by atoms with Gasteiger partial charge in [0, 0.05) is 51.3 Å². The van der Waals surface area contributed by atoms with Crippen LogP contribution in [0.3, 0.4) is 0 Å². The second-order valence-electron chi connectivity index (χ2n) is 12.8. The molecule has 1 unspecified atom stereocenters. The molecule has 1 aliphatic rings. The zero-order chi connectivity index (χ0) is 35.3. The van der Waals surface area contributed by atoms with Crippen molar-refractivity contribution >= 4 is 23.5 Å². The maximum absolute atomic E-state index is 13.8. The number of hydrogen-bond acceptors (Lipinski definition) is 11. The van der Waals surface area contributed by atoms with Crippen molar-refractivity contribution in [3.8, 4) is 11.5 Å². The number of anilines is 2. The van der Waals surface area contributed by atoms with Gasteiger partial charge in [0.1, 0.15) is 30.2 Å². The van der Waals surface area contributed by atoms with Gasteiger partial charge in [-0.3, -0.25) is 14.5 Å². The third-order valence-corrected chi connectivity index (χ3v) is 8.27. The van der Waals surface area contributed by atoms with Crippen molar-refractivity contribution in [1.29, 1.82) is 0 Å². The van der Waals surface area contributed by atoms with Gasteiger partial charge in [-0.25, -0.2) is 9.97 Å². The smallest absolute Gasteiger partial charge is 0.260 e. The van der Waals surface area contributed by atoms with E-state index in [1.165, 1.54) is 0 Å². The number of hydrogen-bond donors (Lipinski definition) is 3. The molecule has 0 saturated heterocycles. The van der Waals surface area contributed by atoms with Gasteiger partial charge in [0.15, 0.2) is 5.82 Å². The van der Waals surface area contributed by atoms with E-state index in [4.69, 9.17) is 19.4 Å². The maximum Gasteiger partial charge on any atom is 0.260 e. The van der Waals surface area contributed by atoms with Crippen LogP contribution in [-0.4, -0.2) is 102 Å². The summed E-state index contributed by atoms with van der Waals surface area (Å²) in [5.74, 6) is 2.15. The molecule has 3 aromatic heterocycles. The maximum atomic E-state index is 13.8. The molecule has 0 spiro atoms. The van der Waals surface area contributed by atoms with Crippen molar-refractivity contribution < 1.29 is 24.1 Å². The summed E-state index contributed by atoms with van der Waals surface area (Å²) < 4.78 is 12.9. The normalized spacial score (nSPS) is 13.4. The Morgan fingerprint density at radius 2 is 1.88 bits per heavy atom. The predicted octanol–water partition coefficient (Wildman–Crippen LogP) is 1.43. The van der Waals surface area contributed by atoms with Crippen molar-refractivity contribution in [2.24, 2.45) is 5.92 Å². The number of aromatic nitrogens is 5. The molecule has 4 heterocycles. The number of pyridine rings is 2. The number of amides is 2. The molecule has 0 aromatic carbocycles. The lowest BCUT2D eigenvalue weighted by atomic mass is 10.1. The Morgan fingerprint density at radius 1 is 1.10 bits per heavy atom. The second kappa shape index (κ2) is 18.7. The van der Waals surface area contributed by atoms with Crippen molar-refractivity contribution in [1.82, 2.24) is 35.4 Å². The van der Waals surface area contributed by atoms with Crippen LogP contribution < -0.4 is 25.5 Å². The lowest BCUT2D eigenvalue weighted by Gasteiger charge is -2.24. The summed E-state index contributed by atoms with van der Waals surface area (Å²) in [5.41, 5.74) is 2.86. The van der Waals surface area contributed by atoms with Gasteiger partial charge in [-0.15, -0.1) is 10.2 Å². The molecule has 3 N–H and O–H groups in total. The summed E-state index contributed by atoms with van der Waals surface area (Å²) in [6.45, 7) is 14.9. The molecule has 0 fully saturated rings. The number of carbonyl (C=O) groups excluding carboxylic acids is 2. The average molecular weight is 681 g/mol. The Balaban J connectivity index is 1.27. The monoisotopic (exact) mass is 680 g/mol. The van der Waals surface area contributed by atoms with E-state index in [0.29, 0.717) is 113 Å². The molecule has 15 heteroatoms. The van der Waals surface area contributed by atoms with Gasteiger partial charge in [-0.1, -0.05) is 19.9 Å². The molecule has 0 aliphatic carbocycles. The molecule has 0 bridgehead atoms. The molecule has 1 atom stereocenters. The third-order valence-electron chi connectivity index (χ3n) is 8.27. The first-order valence-corrected chi connectivity index (χ1v) is 17.2. The quantitative estimate of drug-likeness (QED) is 0.110. The van der Waals surface area contributed by atoms with E-state index in [0.717, 1.165) is 11.3 Å². The molecule has 268 valence electrons. The van der Waals surface area contributed by atoms with Crippen LogP contribution in [0.25, 0.3) is 11.5 Å². The first-order valence-electron chi connectivity index (χ1n) is 17.2. The van der Waals surface area contributed by atoms with E-state index in [1.807, 2.05) is 61.6 Å². The Kier molecular flexibility index (Phi) is 14.4. The number of ether oxygens (including phenoxy) is 2.